The molecule has 2 aromatic rings. The average Bonchev–Trinajstić information content (AvgIpc) is 2.61. The molecular formula is C9H11N5O2S. The van der Waals surface area contributed by atoms with Gasteiger partial charge < -0.3 is 0 Å². The van der Waals surface area contributed by atoms with Crippen LogP contribution in [0.15, 0.2) is 23.5 Å². The van der Waals surface area contributed by atoms with E-state index in [9.17, 15) is 8.42 Å². The van der Waals surface area contributed by atoms with Crippen molar-refractivity contribution >= 4 is 10.0 Å². The fourth-order valence-corrected chi connectivity index (χ4v) is 2.04. The highest BCUT2D eigenvalue weighted by Crippen LogP contribution is 2.17. The van der Waals surface area contributed by atoms with E-state index in [1.807, 2.05) is 6.92 Å². The fourth-order valence-electron chi connectivity index (χ4n) is 1.41. The third-order valence-corrected chi connectivity index (χ3v) is 3.12. The predicted octanol–water partition coefficient (Wildman–Crippen LogP) is -0.167. The molecule has 90 valence electrons. The van der Waals surface area contributed by atoms with Gasteiger partial charge in [-0.3, -0.25) is 9.55 Å². The Balaban J connectivity index is 2.55. The van der Waals surface area contributed by atoms with Crippen molar-refractivity contribution in [2.24, 2.45) is 12.2 Å². The number of hydrogen-bond acceptors (Lipinski definition) is 5. The third kappa shape index (κ3) is 2.17. The number of aromatic nitrogens is 4. The summed E-state index contributed by atoms with van der Waals surface area (Å²) in [6, 6.07) is 3.60. The van der Waals surface area contributed by atoms with Crippen LogP contribution < -0.4 is 5.14 Å². The standard InChI is InChI=1S/C9H11N5O2S/c1-6-3-4-7(5-11-6)8-12-13-9(14(8)2)17(10,15)16/h3-5H,1-2H3,(H2,10,15,16). The zero-order valence-electron chi connectivity index (χ0n) is 9.32. The summed E-state index contributed by atoms with van der Waals surface area (Å²) in [6.07, 6.45) is 1.60. The van der Waals surface area contributed by atoms with E-state index in [0.29, 0.717) is 11.4 Å². The number of nitrogens with two attached hydrogens (primary N) is 1. The summed E-state index contributed by atoms with van der Waals surface area (Å²) < 4.78 is 23.7. The molecule has 0 aliphatic rings. The monoisotopic (exact) mass is 253 g/mol. The maximum atomic E-state index is 11.2. The van der Waals surface area contributed by atoms with E-state index in [2.05, 4.69) is 15.2 Å². The van der Waals surface area contributed by atoms with Gasteiger partial charge in [0.25, 0.3) is 15.2 Å². The van der Waals surface area contributed by atoms with E-state index < -0.39 is 10.0 Å². The molecule has 0 amide bonds. The first-order chi connectivity index (χ1) is 7.89. The van der Waals surface area contributed by atoms with Gasteiger partial charge in [0, 0.05) is 24.5 Å². The molecule has 0 saturated heterocycles. The first-order valence-electron chi connectivity index (χ1n) is 4.75. The van der Waals surface area contributed by atoms with E-state index in [4.69, 9.17) is 5.14 Å². The maximum Gasteiger partial charge on any atom is 0.273 e. The summed E-state index contributed by atoms with van der Waals surface area (Å²) in [4.78, 5) is 4.11. The number of sulfonamides is 1. The lowest BCUT2D eigenvalue weighted by atomic mass is 10.2. The maximum absolute atomic E-state index is 11.2. The number of aryl methyl sites for hydroxylation is 1. The lowest BCUT2D eigenvalue weighted by Gasteiger charge is -2.02. The molecule has 8 heteroatoms. The second kappa shape index (κ2) is 3.90. The van der Waals surface area contributed by atoms with E-state index in [1.54, 1.807) is 18.3 Å². The number of primary sulfonamides is 1. The van der Waals surface area contributed by atoms with Crippen molar-refractivity contribution in [1.29, 1.82) is 0 Å². The van der Waals surface area contributed by atoms with Gasteiger partial charge in [-0.05, 0) is 19.1 Å². The molecule has 0 fully saturated rings. The summed E-state index contributed by atoms with van der Waals surface area (Å²) in [5.41, 5.74) is 1.54. The Morgan fingerprint density at radius 3 is 2.47 bits per heavy atom. The Labute approximate surface area is 98.4 Å². The summed E-state index contributed by atoms with van der Waals surface area (Å²) in [7, 11) is -2.32. The summed E-state index contributed by atoms with van der Waals surface area (Å²) in [6.45, 7) is 1.86. The molecule has 17 heavy (non-hydrogen) atoms. The molecule has 7 nitrogen and oxygen atoms in total. The molecule has 0 radical (unpaired) electrons. The van der Waals surface area contributed by atoms with Gasteiger partial charge in [-0.1, -0.05) is 0 Å². The van der Waals surface area contributed by atoms with Gasteiger partial charge in [-0.2, -0.15) is 0 Å². The van der Waals surface area contributed by atoms with Crippen LogP contribution in [0.4, 0.5) is 0 Å². The van der Waals surface area contributed by atoms with Crippen molar-refractivity contribution in [3.63, 3.8) is 0 Å². The smallest absolute Gasteiger partial charge is 0.273 e. The van der Waals surface area contributed by atoms with E-state index >= 15 is 0 Å². The van der Waals surface area contributed by atoms with Crippen molar-refractivity contribution in [3.05, 3.63) is 24.0 Å². The van der Waals surface area contributed by atoms with Crippen LogP contribution in [0.1, 0.15) is 5.69 Å². The molecule has 0 unspecified atom stereocenters. The van der Waals surface area contributed by atoms with Crippen LogP contribution in [0.5, 0.6) is 0 Å². The summed E-state index contributed by atoms with van der Waals surface area (Å²) in [5, 5.41) is 12.1. The zero-order chi connectivity index (χ0) is 12.6. The third-order valence-electron chi connectivity index (χ3n) is 2.26. The normalized spacial score (nSPS) is 11.7. The van der Waals surface area contributed by atoms with Gasteiger partial charge in [0.05, 0.1) is 0 Å². The highest BCUT2D eigenvalue weighted by atomic mass is 32.2. The van der Waals surface area contributed by atoms with Crippen LogP contribution in [0.25, 0.3) is 11.4 Å². The topological polar surface area (TPSA) is 104 Å². The quantitative estimate of drug-likeness (QED) is 0.800. The molecule has 2 aromatic heterocycles. The second-order valence-corrected chi connectivity index (χ2v) is 5.05. The van der Waals surface area contributed by atoms with Gasteiger partial charge in [0.2, 0.25) is 0 Å². The molecule has 0 bridgehead atoms. The molecule has 2 rings (SSSR count). The van der Waals surface area contributed by atoms with Gasteiger partial charge in [-0.15, -0.1) is 10.2 Å². The number of pyridine rings is 1. The molecule has 0 atom stereocenters. The van der Waals surface area contributed by atoms with Crippen molar-refractivity contribution in [2.75, 3.05) is 0 Å². The van der Waals surface area contributed by atoms with Gasteiger partial charge in [0.1, 0.15) is 0 Å². The Morgan fingerprint density at radius 2 is 2.00 bits per heavy atom. The highest BCUT2D eigenvalue weighted by molar-refractivity contribution is 7.89. The minimum atomic E-state index is -3.86. The van der Waals surface area contributed by atoms with Gasteiger partial charge >= 0.3 is 0 Å². The average molecular weight is 253 g/mol. The zero-order valence-corrected chi connectivity index (χ0v) is 10.1. The molecule has 0 aromatic carbocycles. The van der Waals surface area contributed by atoms with Crippen LogP contribution >= 0.6 is 0 Å². The first kappa shape index (κ1) is 11.7. The summed E-state index contributed by atoms with van der Waals surface area (Å²) in [5.74, 6) is 0.404. The first-order valence-corrected chi connectivity index (χ1v) is 6.29. The van der Waals surface area contributed by atoms with Crippen molar-refractivity contribution < 1.29 is 8.42 Å². The van der Waals surface area contributed by atoms with Crippen LogP contribution in [0, 0.1) is 6.92 Å². The van der Waals surface area contributed by atoms with Crippen LogP contribution in [-0.4, -0.2) is 28.2 Å². The van der Waals surface area contributed by atoms with E-state index in [-0.39, 0.29) is 5.16 Å². The molecular weight excluding hydrogens is 242 g/mol. The Hall–Kier alpha value is -1.80. The Morgan fingerprint density at radius 1 is 1.29 bits per heavy atom. The summed E-state index contributed by atoms with van der Waals surface area (Å²) >= 11 is 0. The molecule has 0 saturated carbocycles. The van der Waals surface area contributed by atoms with Crippen molar-refractivity contribution in [1.82, 2.24) is 19.7 Å². The fraction of sp³-hybridized carbons (Fsp3) is 0.222. The molecule has 0 aliphatic carbocycles. The lowest BCUT2D eigenvalue weighted by molar-refractivity contribution is 0.580. The van der Waals surface area contributed by atoms with Crippen LogP contribution in [0.2, 0.25) is 0 Å². The van der Waals surface area contributed by atoms with Crippen molar-refractivity contribution in [2.45, 2.75) is 12.1 Å². The van der Waals surface area contributed by atoms with Crippen molar-refractivity contribution in [3.8, 4) is 11.4 Å². The molecule has 2 N–H and O–H groups in total. The Kier molecular flexibility index (Phi) is 2.68. The number of rotatable bonds is 2. The van der Waals surface area contributed by atoms with Crippen LogP contribution in [0.3, 0.4) is 0 Å². The van der Waals surface area contributed by atoms with E-state index in [1.165, 1.54) is 11.6 Å². The SMILES string of the molecule is Cc1ccc(-c2nnc(S(N)(=O)=O)n2C)cn1. The Bertz CT molecular complexity index is 645. The minimum Gasteiger partial charge on any atom is -0.300 e. The molecule has 2 heterocycles. The van der Waals surface area contributed by atoms with Gasteiger partial charge in [-0.25, -0.2) is 13.6 Å². The number of nitrogens with zero attached hydrogens (tertiary/aromatic N) is 4. The molecule has 0 aliphatic heterocycles. The minimum absolute atomic E-state index is 0.270. The largest absolute Gasteiger partial charge is 0.300 e. The van der Waals surface area contributed by atoms with E-state index in [0.717, 1.165) is 5.69 Å². The number of hydrogen-bond donors (Lipinski definition) is 1. The lowest BCUT2D eigenvalue weighted by Crippen LogP contribution is -2.17. The predicted molar refractivity (Wildman–Crippen MR) is 60.3 cm³/mol. The highest BCUT2D eigenvalue weighted by Gasteiger charge is 2.19. The van der Waals surface area contributed by atoms with Crippen LogP contribution in [-0.2, 0) is 17.1 Å². The molecule has 0 spiro atoms. The van der Waals surface area contributed by atoms with Gasteiger partial charge in [0.15, 0.2) is 5.82 Å². The second-order valence-electron chi connectivity index (χ2n) is 3.60.